The van der Waals surface area contributed by atoms with Crippen molar-refractivity contribution in [3.8, 4) is 11.5 Å². The lowest BCUT2D eigenvalue weighted by atomic mass is 10.1. The Morgan fingerprint density at radius 2 is 1.90 bits per heavy atom. The van der Waals surface area contributed by atoms with Crippen LogP contribution in [0.1, 0.15) is 22.5 Å². The Labute approximate surface area is 141 Å². The van der Waals surface area contributed by atoms with Gasteiger partial charge in [0.1, 0.15) is 18.1 Å². The minimum Gasteiger partial charge on any atom is -0.497 e. The van der Waals surface area contributed by atoms with Crippen LogP contribution < -0.4 is 9.47 Å². The summed E-state index contributed by atoms with van der Waals surface area (Å²) in [4.78, 5) is 4.47. The van der Waals surface area contributed by atoms with Gasteiger partial charge >= 0.3 is 0 Å². The van der Waals surface area contributed by atoms with Crippen LogP contribution >= 0.6 is 31.9 Å². The number of ether oxygens (including phenoxy) is 2. The molecule has 112 valence electrons. The lowest BCUT2D eigenvalue weighted by molar-refractivity contribution is 0.295. The number of rotatable bonds is 5. The highest BCUT2D eigenvalue weighted by Gasteiger charge is 2.09. The summed E-state index contributed by atoms with van der Waals surface area (Å²) >= 11 is 7.01. The number of aromatic nitrogens is 1. The van der Waals surface area contributed by atoms with E-state index in [1.54, 1.807) is 7.11 Å². The summed E-state index contributed by atoms with van der Waals surface area (Å²) in [5, 5.41) is 0.743. The standard InChI is InChI=1S/C16H17Br2NO2/c1-10-4-13(18)6-12(8-17)16(10)21-9-14-7-15(20-3)5-11(2)19-14/h4-7H,8-9H2,1-3H3. The van der Waals surface area contributed by atoms with Crippen LogP contribution in [0.4, 0.5) is 0 Å². The molecule has 0 bridgehead atoms. The first kappa shape index (κ1) is 16.3. The highest BCUT2D eigenvalue weighted by atomic mass is 79.9. The Bertz CT molecular complexity index is 644. The molecule has 5 heteroatoms. The average molecular weight is 415 g/mol. The predicted octanol–water partition coefficient (Wildman–Crippen LogP) is 4.94. The van der Waals surface area contributed by atoms with Crippen LogP contribution in [0.2, 0.25) is 0 Å². The number of benzene rings is 1. The summed E-state index contributed by atoms with van der Waals surface area (Å²) in [5.41, 5.74) is 3.98. The van der Waals surface area contributed by atoms with Gasteiger partial charge in [-0.25, -0.2) is 0 Å². The number of methoxy groups -OCH3 is 1. The predicted molar refractivity (Wildman–Crippen MR) is 91.4 cm³/mol. The molecular formula is C16H17Br2NO2. The van der Waals surface area contributed by atoms with Crippen LogP contribution in [0.25, 0.3) is 0 Å². The second-order valence-electron chi connectivity index (χ2n) is 4.77. The molecule has 21 heavy (non-hydrogen) atoms. The fourth-order valence-electron chi connectivity index (χ4n) is 2.15. The van der Waals surface area contributed by atoms with Gasteiger partial charge in [-0.2, -0.15) is 0 Å². The monoisotopic (exact) mass is 413 g/mol. The molecule has 3 nitrogen and oxygen atoms in total. The Kier molecular flexibility index (Phi) is 5.65. The smallest absolute Gasteiger partial charge is 0.130 e. The van der Waals surface area contributed by atoms with E-state index < -0.39 is 0 Å². The zero-order chi connectivity index (χ0) is 15.4. The van der Waals surface area contributed by atoms with Crippen molar-refractivity contribution in [3.63, 3.8) is 0 Å². The van der Waals surface area contributed by atoms with E-state index in [2.05, 4.69) is 42.9 Å². The van der Waals surface area contributed by atoms with Gasteiger partial charge in [0.15, 0.2) is 0 Å². The topological polar surface area (TPSA) is 31.4 Å². The fraction of sp³-hybridized carbons (Fsp3) is 0.312. The molecule has 0 fully saturated rings. The molecule has 0 aliphatic rings. The van der Waals surface area contributed by atoms with E-state index in [0.29, 0.717) is 6.61 Å². The molecule has 0 N–H and O–H groups in total. The number of halogens is 2. The van der Waals surface area contributed by atoms with Gasteiger partial charge in [0.05, 0.1) is 12.8 Å². The number of hydrogen-bond donors (Lipinski definition) is 0. The minimum absolute atomic E-state index is 0.417. The summed E-state index contributed by atoms with van der Waals surface area (Å²) in [6.07, 6.45) is 0. The molecule has 0 saturated carbocycles. The molecular weight excluding hydrogens is 398 g/mol. The Morgan fingerprint density at radius 3 is 2.57 bits per heavy atom. The number of nitrogens with zero attached hydrogens (tertiary/aromatic N) is 1. The number of pyridine rings is 1. The summed E-state index contributed by atoms with van der Waals surface area (Å²) in [6, 6.07) is 7.90. The van der Waals surface area contributed by atoms with Gasteiger partial charge in [0.2, 0.25) is 0 Å². The first-order valence-corrected chi connectivity index (χ1v) is 8.44. The van der Waals surface area contributed by atoms with Crippen LogP contribution in [0.3, 0.4) is 0 Å². The number of alkyl halides is 1. The van der Waals surface area contributed by atoms with Gasteiger partial charge < -0.3 is 9.47 Å². The maximum absolute atomic E-state index is 5.99. The van der Waals surface area contributed by atoms with Gasteiger partial charge in [0, 0.05) is 33.2 Å². The minimum atomic E-state index is 0.417. The third kappa shape index (κ3) is 4.20. The molecule has 0 aliphatic heterocycles. The summed E-state index contributed by atoms with van der Waals surface area (Å²) in [6.45, 7) is 4.40. The first-order chi connectivity index (χ1) is 10.0. The first-order valence-electron chi connectivity index (χ1n) is 6.53. The molecule has 1 heterocycles. The molecule has 0 unspecified atom stereocenters. The van der Waals surface area contributed by atoms with Crippen LogP contribution in [0, 0.1) is 13.8 Å². The van der Waals surface area contributed by atoms with E-state index in [1.165, 1.54) is 0 Å². The van der Waals surface area contributed by atoms with Crippen molar-refractivity contribution in [3.05, 3.63) is 51.3 Å². The summed E-state index contributed by atoms with van der Waals surface area (Å²) < 4.78 is 12.3. The Hall–Kier alpha value is -1.07. The molecule has 1 aromatic heterocycles. The summed E-state index contributed by atoms with van der Waals surface area (Å²) in [7, 11) is 1.65. The molecule has 2 rings (SSSR count). The maximum atomic E-state index is 5.99. The largest absolute Gasteiger partial charge is 0.497 e. The number of aryl methyl sites for hydroxylation is 2. The van der Waals surface area contributed by atoms with Gasteiger partial charge in [-0.15, -0.1) is 0 Å². The lowest BCUT2D eigenvalue weighted by Crippen LogP contribution is -2.03. The van der Waals surface area contributed by atoms with Crippen LogP contribution in [0.15, 0.2) is 28.7 Å². The maximum Gasteiger partial charge on any atom is 0.130 e. The van der Waals surface area contributed by atoms with E-state index in [9.17, 15) is 0 Å². The van der Waals surface area contributed by atoms with Crippen LogP contribution in [0.5, 0.6) is 11.5 Å². The Morgan fingerprint density at radius 1 is 1.14 bits per heavy atom. The van der Waals surface area contributed by atoms with E-state index in [1.807, 2.05) is 32.0 Å². The van der Waals surface area contributed by atoms with Gasteiger partial charge in [-0.1, -0.05) is 31.9 Å². The average Bonchev–Trinajstić information content (AvgIpc) is 2.44. The second kappa shape index (κ2) is 7.27. The highest BCUT2D eigenvalue weighted by molar-refractivity contribution is 9.10. The molecule has 2 aromatic rings. The van der Waals surface area contributed by atoms with Crippen molar-refractivity contribution in [2.24, 2.45) is 0 Å². The van der Waals surface area contributed by atoms with Crippen molar-refractivity contribution in [2.75, 3.05) is 7.11 Å². The van der Waals surface area contributed by atoms with Crippen molar-refractivity contribution in [2.45, 2.75) is 25.8 Å². The van der Waals surface area contributed by atoms with Gasteiger partial charge in [0.25, 0.3) is 0 Å². The molecule has 0 aliphatic carbocycles. The third-order valence-corrected chi connectivity index (χ3v) is 4.10. The van der Waals surface area contributed by atoms with E-state index in [4.69, 9.17) is 9.47 Å². The zero-order valence-corrected chi connectivity index (χ0v) is 15.4. The fourth-order valence-corrected chi connectivity index (χ4v) is 3.18. The van der Waals surface area contributed by atoms with Crippen LogP contribution in [-0.4, -0.2) is 12.1 Å². The van der Waals surface area contributed by atoms with Gasteiger partial charge in [-0.05, 0) is 31.5 Å². The molecule has 0 amide bonds. The lowest BCUT2D eigenvalue weighted by Gasteiger charge is -2.14. The SMILES string of the molecule is COc1cc(C)nc(COc2c(C)cc(Br)cc2CBr)c1. The molecule has 0 saturated heterocycles. The summed E-state index contributed by atoms with van der Waals surface area (Å²) in [5.74, 6) is 1.70. The third-order valence-electron chi connectivity index (χ3n) is 3.04. The van der Waals surface area contributed by atoms with Crippen molar-refractivity contribution in [1.29, 1.82) is 0 Å². The highest BCUT2D eigenvalue weighted by Crippen LogP contribution is 2.30. The quantitative estimate of drug-likeness (QED) is 0.649. The normalized spacial score (nSPS) is 10.5. The van der Waals surface area contributed by atoms with Crippen molar-refractivity contribution in [1.82, 2.24) is 4.98 Å². The molecule has 0 spiro atoms. The van der Waals surface area contributed by atoms with E-state index in [0.717, 1.165) is 43.8 Å². The van der Waals surface area contributed by atoms with Crippen molar-refractivity contribution < 1.29 is 9.47 Å². The zero-order valence-electron chi connectivity index (χ0n) is 12.2. The van der Waals surface area contributed by atoms with E-state index in [-0.39, 0.29) is 0 Å². The molecule has 0 radical (unpaired) electrons. The Balaban J connectivity index is 2.22. The molecule has 0 atom stereocenters. The van der Waals surface area contributed by atoms with Gasteiger partial charge in [-0.3, -0.25) is 4.98 Å². The number of hydrogen-bond acceptors (Lipinski definition) is 3. The molecule has 1 aromatic carbocycles. The second-order valence-corrected chi connectivity index (χ2v) is 6.25. The van der Waals surface area contributed by atoms with Crippen molar-refractivity contribution >= 4 is 31.9 Å². The van der Waals surface area contributed by atoms with Crippen LogP contribution in [-0.2, 0) is 11.9 Å². The van der Waals surface area contributed by atoms with E-state index >= 15 is 0 Å².